The van der Waals surface area contributed by atoms with E-state index in [-0.39, 0.29) is 23.1 Å². The van der Waals surface area contributed by atoms with Crippen LogP contribution in [0.1, 0.15) is 36.0 Å². The average molecular weight is 465 g/mol. The predicted octanol–water partition coefficient (Wildman–Crippen LogP) is 6.63. The molecule has 1 heterocycles. The van der Waals surface area contributed by atoms with E-state index < -0.39 is 17.7 Å². The molecule has 0 aromatic heterocycles. The number of allylic oxidation sites excluding steroid dienone is 1. The molecule has 4 rings (SSSR count). The Kier molecular flexibility index (Phi) is 6.72. The highest BCUT2D eigenvalue weighted by atomic mass is 32.2. The van der Waals surface area contributed by atoms with E-state index in [1.165, 1.54) is 12.1 Å². The molecule has 0 bridgehead atoms. The van der Waals surface area contributed by atoms with E-state index in [1.807, 2.05) is 53.9 Å². The summed E-state index contributed by atoms with van der Waals surface area (Å²) in [7, 11) is 0. The highest BCUT2D eigenvalue weighted by Crippen LogP contribution is 2.58. The lowest BCUT2D eigenvalue weighted by Crippen LogP contribution is -2.39. The van der Waals surface area contributed by atoms with Crippen LogP contribution >= 0.6 is 23.5 Å². The van der Waals surface area contributed by atoms with Gasteiger partial charge in [0.1, 0.15) is 0 Å². The lowest BCUT2D eigenvalue weighted by Gasteiger charge is -2.45. The minimum atomic E-state index is -4.39. The minimum Gasteiger partial charge on any atom is -0.466 e. The quantitative estimate of drug-likeness (QED) is 0.464. The van der Waals surface area contributed by atoms with Crippen molar-refractivity contribution >= 4 is 35.1 Å². The van der Waals surface area contributed by atoms with Crippen LogP contribution in [-0.2, 0) is 15.7 Å². The third kappa shape index (κ3) is 4.53. The maximum absolute atomic E-state index is 13.1. The molecule has 0 saturated carbocycles. The number of benzene rings is 2. The van der Waals surface area contributed by atoms with Gasteiger partial charge in [-0.25, -0.2) is 0 Å². The van der Waals surface area contributed by atoms with Gasteiger partial charge in [0.2, 0.25) is 0 Å². The molecule has 2 aromatic rings. The number of hydrogen-bond acceptors (Lipinski definition) is 4. The van der Waals surface area contributed by atoms with Gasteiger partial charge in [0.25, 0.3) is 0 Å². The van der Waals surface area contributed by atoms with Gasteiger partial charge in [0.15, 0.2) is 0 Å². The number of hydrogen-bond donors (Lipinski definition) is 0. The van der Waals surface area contributed by atoms with Gasteiger partial charge in [-0.2, -0.15) is 13.2 Å². The minimum absolute atomic E-state index is 0.157. The van der Waals surface area contributed by atoms with E-state index in [0.717, 1.165) is 46.8 Å². The highest BCUT2D eigenvalue weighted by molar-refractivity contribution is 8.17. The van der Waals surface area contributed by atoms with E-state index in [4.69, 9.17) is 4.74 Å². The monoisotopic (exact) mass is 464 g/mol. The van der Waals surface area contributed by atoms with E-state index in [9.17, 15) is 18.0 Å². The third-order valence-corrected chi connectivity index (χ3v) is 8.57. The number of ether oxygens (including phenoxy) is 1. The Balaban J connectivity index is 1.81. The smallest absolute Gasteiger partial charge is 0.416 e. The molecule has 0 radical (unpaired) electrons. The molecule has 0 spiro atoms. The Morgan fingerprint density at radius 2 is 1.68 bits per heavy atom. The second kappa shape index (κ2) is 9.33. The lowest BCUT2D eigenvalue weighted by atomic mass is 9.63. The van der Waals surface area contributed by atoms with Crippen molar-refractivity contribution in [3.8, 4) is 0 Å². The molecule has 1 fully saturated rings. The summed E-state index contributed by atoms with van der Waals surface area (Å²) in [5.41, 5.74) is 3.14. The molecule has 2 aliphatic rings. The van der Waals surface area contributed by atoms with Crippen LogP contribution in [0.15, 0.2) is 60.2 Å². The van der Waals surface area contributed by atoms with Crippen molar-refractivity contribution < 1.29 is 22.7 Å². The van der Waals surface area contributed by atoms with Gasteiger partial charge in [-0.15, -0.1) is 23.5 Å². The van der Waals surface area contributed by atoms with E-state index >= 15 is 0 Å². The molecule has 2 nitrogen and oxygen atoms in total. The van der Waals surface area contributed by atoms with E-state index in [1.54, 1.807) is 6.92 Å². The number of thioether (sulfide) groups is 2. The maximum Gasteiger partial charge on any atom is 0.416 e. The molecule has 1 aliphatic heterocycles. The topological polar surface area (TPSA) is 26.3 Å². The summed E-state index contributed by atoms with van der Waals surface area (Å²) < 4.78 is 44.8. The molecule has 0 amide bonds. The second-order valence-corrected chi connectivity index (χ2v) is 10.2. The molecule has 0 N–H and O–H groups in total. The summed E-state index contributed by atoms with van der Waals surface area (Å²) in [5.74, 6) is 0.971. The van der Waals surface area contributed by atoms with Crippen LogP contribution in [0, 0.1) is 5.92 Å². The first-order chi connectivity index (χ1) is 14.9. The van der Waals surface area contributed by atoms with Crippen molar-refractivity contribution in [1.82, 2.24) is 0 Å². The van der Waals surface area contributed by atoms with Crippen LogP contribution in [0.25, 0.3) is 5.57 Å². The van der Waals surface area contributed by atoms with Crippen LogP contribution in [0.2, 0.25) is 0 Å². The van der Waals surface area contributed by atoms with Gasteiger partial charge >= 0.3 is 12.1 Å². The van der Waals surface area contributed by atoms with Gasteiger partial charge in [0.05, 0.1) is 22.7 Å². The molecular formula is C24H23F3O2S2. The molecule has 0 unspecified atom stereocenters. The van der Waals surface area contributed by atoms with Crippen molar-refractivity contribution in [2.75, 3.05) is 18.1 Å². The fourth-order valence-corrected chi connectivity index (χ4v) is 7.34. The molecule has 7 heteroatoms. The Labute approximate surface area is 188 Å². The standard InChI is InChI=1S/C24H23F3O2S2/c1-2-29-22(28)20-18(16-9-11-17(12-10-16)24(25,26)27)19(15-7-4-3-5-8-15)21(20)23-30-13-6-14-31-23/h3-5,7-12,18,20,23H,2,6,13-14H2,1H3/t18-,20+/m1/s1. The Hall–Kier alpha value is -1.86. The maximum atomic E-state index is 13.1. The van der Waals surface area contributed by atoms with Gasteiger partial charge in [-0.3, -0.25) is 4.79 Å². The summed E-state index contributed by atoms with van der Waals surface area (Å²) in [6.07, 6.45) is -3.26. The van der Waals surface area contributed by atoms with Crippen molar-refractivity contribution in [1.29, 1.82) is 0 Å². The van der Waals surface area contributed by atoms with Crippen molar-refractivity contribution in [3.63, 3.8) is 0 Å². The first-order valence-electron chi connectivity index (χ1n) is 10.3. The van der Waals surface area contributed by atoms with Crippen LogP contribution in [0.5, 0.6) is 0 Å². The summed E-state index contributed by atoms with van der Waals surface area (Å²) in [6, 6.07) is 15.0. The molecule has 2 atom stereocenters. The molecule has 2 aromatic carbocycles. The van der Waals surface area contributed by atoms with Gasteiger partial charge in [-0.1, -0.05) is 42.5 Å². The SMILES string of the molecule is CCOC(=O)[C@@H]1C(C2SCCCS2)=C(c2ccccc2)[C@H]1c1ccc(C(F)(F)F)cc1. The van der Waals surface area contributed by atoms with Crippen LogP contribution in [-0.4, -0.2) is 28.7 Å². The normalized spacial score (nSPS) is 22.2. The molecule has 1 saturated heterocycles. The zero-order valence-electron chi connectivity index (χ0n) is 17.0. The Morgan fingerprint density at radius 1 is 1.03 bits per heavy atom. The van der Waals surface area contributed by atoms with Gasteiger partial charge < -0.3 is 4.74 Å². The largest absolute Gasteiger partial charge is 0.466 e. The fourth-order valence-electron chi connectivity index (χ4n) is 4.24. The van der Waals surface area contributed by atoms with Crippen molar-refractivity contribution in [2.45, 2.75) is 30.0 Å². The Bertz CT molecular complexity index is 949. The summed E-state index contributed by atoms with van der Waals surface area (Å²) in [6.45, 7) is 2.04. The van der Waals surface area contributed by atoms with Gasteiger partial charge in [0, 0.05) is 5.92 Å². The highest BCUT2D eigenvalue weighted by Gasteiger charge is 2.50. The van der Waals surface area contributed by atoms with E-state index in [0.29, 0.717) is 5.56 Å². The molecular weight excluding hydrogens is 441 g/mol. The molecule has 164 valence electrons. The number of esters is 1. The molecule has 31 heavy (non-hydrogen) atoms. The summed E-state index contributed by atoms with van der Waals surface area (Å²) in [4.78, 5) is 13.0. The zero-order valence-corrected chi connectivity index (χ0v) is 18.7. The van der Waals surface area contributed by atoms with Crippen LogP contribution in [0.3, 0.4) is 0 Å². The summed E-state index contributed by atoms with van der Waals surface area (Å²) >= 11 is 3.67. The second-order valence-electron chi connectivity index (χ2n) is 7.49. The summed E-state index contributed by atoms with van der Waals surface area (Å²) in [5, 5.41) is 0. The van der Waals surface area contributed by atoms with Crippen molar-refractivity contribution in [3.05, 3.63) is 76.9 Å². The van der Waals surface area contributed by atoms with Crippen LogP contribution < -0.4 is 0 Å². The van der Waals surface area contributed by atoms with Crippen molar-refractivity contribution in [2.24, 2.45) is 5.92 Å². The first kappa shape index (κ1) is 22.3. The number of carbonyl (C=O) groups is 1. The fraction of sp³-hybridized carbons (Fsp3) is 0.375. The lowest BCUT2D eigenvalue weighted by molar-refractivity contribution is -0.147. The van der Waals surface area contributed by atoms with E-state index in [2.05, 4.69) is 0 Å². The molecule has 1 aliphatic carbocycles. The third-order valence-electron chi connectivity index (χ3n) is 5.59. The number of carbonyl (C=O) groups excluding carboxylic acids is 1. The van der Waals surface area contributed by atoms with Gasteiger partial charge in [-0.05, 0) is 59.3 Å². The number of rotatable bonds is 5. The first-order valence-corrected chi connectivity index (χ1v) is 12.4. The number of alkyl halides is 3. The Morgan fingerprint density at radius 3 is 2.26 bits per heavy atom. The average Bonchev–Trinajstić information content (AvgIpc) is 2.74. The predicted molar refractivity (Wildman–Crippen MR) is 121 cm³/mol. The van der Waals surface area contributed by atoms with Crippen LogP contribution in [0.4, 0.5) is 13.2 Å². The number of halogens is 3. The zero-order chi connectivity index (χ0) is 22.0.